The highest BCUT2D eigenvalue weighted by atomic mass is 79.9. The van der Waals surface area contributed by atoms with E-state index in [1.807, 2.05) is 24.3 Å². The Labute approximate surface area is 167 Å². The van der Waals surface area contributed by atoms with Gasteiger partial charge in [-0.3, -0.25) is 14.6 Å². The topological polar surface area (TPSA) is 71.1 Å². The number of anilines is 2. The molecule has 26 heavy (non-hydrogen) atoms. The van der Waals surface area contributed by atoms with Crippen LogP contribution in [0.1, 0.15) is 20.7 Å². The van der Waals surface area contributed by atoms with Gasteiger partial charge in [0, 0.05) is 32.7 Å². The maximum Gasteiger partial charge on any atom is 0.257 e. The molecule has 2 aromatic carbocycles. The highest BCUT2D eigenvalue weighted by Gasteiger charge is 2.12. The van der Waals surface area contributed by atoms with Gasteiger partial charge in [-0.1, -0.05) is 31.9 Å². The van der Waals surface area contributed by atoms with Crippen molar-refractivity contribution >= 4 is 55.0 Å². The Balaban J connectivity index is 1.72. The van der Waals surface area contributed by atoms with Gasteiger partial charge < -0.3 is 10.6 Å². The van der Waals surface area contributed by atoms with Gasteiger partial charge in [-0.15, -0.1) is 0 Å². The van der Waals surface area contributed by atoms with E-state index in [2.05, 4.69) is 47.5 Å². The summed E-state index contributed by atoms with van der Waals surface area (Å²) in [6, 6.07) is 15.9. The lowest BCUT2D eigenvalue weighted by atomic mass is 10.1. The number of pyridine rings is 1. The molecule has 0 fully saturated rings. The number of hydrogen-bond acceptors (Lipinski definition) is 3. The van der Waals surface area contributed by atoms with Crippen LogP contribution < -0.4 is 10.6 Å². The summed E-state index contributed by atoms with van der Waals surface area (Å²) in [4.78, 5) is 28.7. The lowest BCUT2D eigenvalue weighted by molar-refractivity contribution is 0.102. The number of carbonyl (C=O) groups is 2. The molecule has 0 saturated carbocycles. The SMILES string of the molecule is O=C(Nc1ccc(Br)cc1)c1cncc(C(=O)Nc2ccc(Br)cc2)c1. The number of halogens is 2. The standard InChI is InChI=1S/C19H13Br2N3O2/c20-14-1-5-16(6-2-14)23-18(25)12-9-13(11-22-10-12)19(26)24-17-7-3-15(21)4-8-17/h1-11H,(H,23,25)(H,24,26). The molecule has 130 valence electrons. The van der Waals surface area contributed by atoms with E-state index in [1.54, 1.807) is 24.3 Å². The molecule has 1 aromatic heterocycles. The first kappa shape index (κ1) is 18.3. The molecule has 2 N–H and O–H groups in total. The zero-order chi connectivity index (χ0) is 18.5. The van der Waals surface area contributed by atoms with Gasteiger partial charge >= 0.3 is 0 Å². The average Bonchev–Trinajstić information content (AvgIpc) is 2.65. The number of hydrogen-bond donors (Lipinski definition) is 2. The third-order valence-corrected chi connectivity index (χ3v) is 4.52. The normalized spacial score (nSPS) is 10.2. The monoisotopic (exact) mass is 473 g/mol. The Morgan fingerprint density at radius 2 is 1.08 bits per heavy atom. The first-order valence-electron chi connectivity index (χ1n) is 7.60. The van der Waals surface area contributed by atoms with E-state index in [-0.39, 0.29) is 11.8 Å². The maximum atomic E-state index is 12.4. The second kappa shape index (κ2) is 8.25. The lowest BCUT2D eigenvalue weighted by Gasteiger charge is -2.08. The van der Waals surface area contributed by atoms with Crippen molar-refractivity contribution in [2.75, 3.05) is 10.6 Å². The van der Waals surface area contributed by atoms with Crippen LogP contribution in [0, 0.1) is 0 Å². The Hall–Kier alpha value is -2.51. The molecule has 0 saturated heterocycles. The van der Waals surface area contributed by atoms with Gasteiger partial charge in [0.2, 0.25) is 0 Å². The van der Waals surface area contributed by atoms with E-state index in [4.69, 9.17) is 0 Å². The molecule has 3 rings (SSSR count). The average molecular weight is 475 g/mol. The molecule has 0 radical (unpaired) electrons. The van der Waals surface area contributed by atoms with Gasteiger partial charge in [-0.25, -0.2) is 0 Å². The highest BCUT2D eigenvalue weighted by molar-refractivity contribution is 9.10. The number of rotatable bonds is 4. The van der Waals surface area contributed by atoms with E-state index in [9.17, 15) is 9.59 Å². The molecule has 2 amide bonds. The summed E-state index contributed by atoms with van der Waals surface area (Å²) < 4.78 is 1.84. The van der Waals surface area contributed by atoms with Gasteiger partial charge in [-0.05, 0) is 54.6 Å². The molecule has 3 aromatic rings. The summed E-state index contributed by atoms with van der Waals surface area (Å²) in [6.45, 7) is 0. The van der Waals surface area contributed by atoms with E-state index >= 15 is 0 Å². The number of benzene rings is 2. The van der Waals surface area contributed by atoms with Crippen LogP contribution >= 0.6 is 31.9 Å². The zero-order valence-corrected chi connectivity index (χ0v) is 16.5. The van der Waals surface area contributed by atoms with Crippen molar-refractivity contribution in [3.63, 3.8) is 0 Å². The molecule has 0 spiro atoms. The summed E-state index contributed by atoms with van der Waals surface area (Å²) >= 11 is 6.69. The van der Waals surface area contributed by atoms with Gasteiger partial charge in [0.1, 0.15) is 0 Å². The van der Waals surface area contributed by atoms with Crippen LogP contribution in [0.25, 0.3) is 0 Å². The minimum Gasteiger partial charge on any atom is -0.322 e. The van der Waals surface area contributed by atoms with E-state index in [0.29, 0.717) is 22.5 Å². The summed E-state index contributed by atoms with van der Waals surface area (Å²) in [5, 5.41) is 5.54. The molecule has 7 heteroatoms. The van der Waals surface area contributed by atoms with Crippen LogP contribution in [-0.4, -0.2) is 16.8 Å². The molecule has 0 aliphatic rings. The smallest absolute Gasteiger partial charge is 0.257 e. The maximum absolute atomic E-state index is 12.4. The summed E-state index contributed by atoms with van der Waals surface area (Å²) in [6.07, 6.45) is 2.84. The largest absolute Gasteiger partial charge is 0.322 e. The molecular formula is C19H13Br2N3O2. The third-order valence-electron chi connectivity index (χ3n) is 3.47. The Kier molecular flexibility index (Phi) is 5.80. The van der Waals surface area contributed by atoms with Crippen LogP contribution in [0.15, 0.2) is 75.9 Å². The summed E-state index contributed by atoms with van der Waals surface area (Å²) in [5.41, 5.74) is 1.92. The van der Waals surface area contributed by atoms with Crippen LogP contribution in [0.4, 0.5) is 11.4 Å². The second-order valence-electron chi connectivity index (χ2n) is 5.38. The van der Waals surface area contributed by atoms with Gasteiger partial charge in [-0.2, -0.15) is 0 Å². The van der Waals surface area contributed by atoms with Crippen LogP contribution in [0.5, 0.6) is 0 Å². The molecule has 0 bridgehead atoms. The fourth-order valence-electron chi connectivity index (χ4n) is 2.16. The number of nitrogens with one attached hydrogen (secondary N) is 2. The predicted octanol–water partition coefficient (Wildman–Crippen LogP) is 5.11. The Bertz CT molecular complexity index is 867. The van der Waals surface area contributed by atoms with Crippen molar-refractivity contribution in [2.24, 2.45) is 0 Å². The molecule has 0 aliphatic heterocycles. The van der Waals surface area contributed by atoms with Gasteiger partial charge in [0.15, 0.2) is 0 Å². The molecule has 1 heterocycles. The van der Waals surface area contributed by atoms with Crippen molar-refractivity contribution in [1.29, 1.82) is 0 Å². The van der Waals surface area contributed by atoms with Crippen molar-refractivity contribution in [3.05, 3.63) is 87.1 Å². The highest BCUT2D eigenvalue weighted by Crippen LogP contribution is 2.17. The fourth-order valence-corrected chi connectivity index (χ4v) is 2.69. The minimum absolute atomic E-state index is 0.302. The summed E-state index contributed by atoms with van der Waals surface area (Å²) in [5.74, 6) is -0.670. The lowest BCUT2D eigenvalue weighted by Crippen LogP contribution is -2.16. The van der Waals surface area contributed by atoms with Crippen molar-refractivity contribution < 1.29 is 9.59 Å². The van der Waals surface area contributed by atoms with E-state index in [0.717, 1.165) is 8.95 Å². The Morgan fingerprint density at radius 1 is 0.692 bits per heavy atom. The van der Waals surface area contributed by atoms with Crippen molar-refractivity contribution in [2.45, 2.75) is 0 Å². The minimum atomic E-state index is -0.335. The first-order valence-corrected chi connectivity index (χ1v) is 9.19. The van der Waals surface area contributed by atoms with Crippen molar-refractivity contribution in [1.82, 2.24) is 4.98 Å². The molecule has 0 aliphatic carbocycles. The van der Waals surface area contributed by atoms with Gasteiger partial charge in [0.05, 0.1) is 11.1 Å². The number of nitrogens with zero attached hydrogens (tertiary/aromatic N) is 1. The van der Waals surface area contributed by atoms with Crippen LogP contribution in [-0.2, 0) is 0 Å². The number of carbonyl (C=O) groups excluding carboxylic acids is 2. The third kappa shape index (κ3) is 4.77. The van der Waals surface area contributed by atoms with Crippen LogP contribution in [0.2, 0.25) is 0 Å². The van der Waals surface area contributed by atoms with Crippen molar-refractivity contribution in [3.8, 4) is 0 Å². The number of aromatic nitrogens is 1. The first-order chi connectivity index (χ1) is 12.5. The molecular weight excluding hydrogens is 462 g/mol. The van der Waals surface area contributed by atoms with E-state index < -0.39 is 0 Å². The molecule has 0 unspecified atom stereocenters. The Morgan fingerprint density at radius 3 is 1.46 bits per heavy atom. The van der Waals surface area contributed by atoms with Crippen LogP contribution in [0.3, 0.4) is 0 Å². The molecule has 5 nitrogen and oxygen atoms in total. The van der Waals surface area contributed by atoms with E-state index in [1.165, 1.54) is 18.5 Å². The molecule has 0 atom stereocenters. The summed E-state index contributed by atoms with van der Waals surface area (Å²) in [7, 11) is 0. The predicted molar refractivity (Wildman–Crippen MR) is 108 cm³/mol. The zero-order valence-electron chi connectivity index (χ0n) is 13.4. The second-order valence-corrected chi connectivity index (χ2v) is 7.22. The number of amides is 2. The fraction of sp³-hybridized carbons (Fsp3) is 0. The van der Waals surface area contributed by atoms with Gasteiger partial charge in [0.25, 0.3) is 11.8 Å². The quantitative estimate of drug-likeness (QED) is 0.551.